The molecule has 0 saturated carbocycles. The van der Waals surface area contributed by atoms with Gasteiger partial charge in [0.2, 0.25) is 0 Å². The van der Waals surface area contributed by atoms with Crippen molar-refractivity contribution >= 4 is 5.91 Å². The lowest BCUT2D eigenvalue weighted by molar-refractivity contribution is 0.0940. The first-order chi connectivity index (χ1) is 11.2. The Balaban J connectivity index is 1.85. The summed E-state index contributed by atoms with van der Waals surface area (Å²) in [6.45, 7) is 1.90. The van der Waals surface area contributed by atoms with Crippen LogP contribution in [0.15, 0.2) is 60.8 Å². The van der Waals surface area contributed by atoms with E-state index < -0.39 is 5.82 Å². The molecule has 0 fully saturated rings. The Morgan fingerprint density at radius 2 is 1.83 bits per heavy atom. The van der Waals surface area contributed by atoms with Crippen LogP contribution >= 0.6 is 0 Å². The van der Waals surface area contributed by atoms with Crippen molar-refractivity contribution in [3.63, 3.8) is 0 Å². The zero-order valence-electron chi connectivity index (χ0n) is 12.6. The summed E-state index contributed by atoms with van der Waals surface area (Å²) in [6.07, 6.45) is 1.41. The highest BCUT2D eigenvalue weighted by Gasteiger charge is 2.19. The summed E-state index contributed by atoms with van der Waals surface area (Å²) in [6, 6.07) is 15.8. The van der Waals surface area contributed by atoms with Crippen LogP contribution in [-0.2, 0) is 0 Å². The van der Waals surface area contributed by atoms with Crippen LogP contribution < -0.4 is 5.32 Å². The topological polar surface area (TPSA) is 57.8 Å². The fourth-order valence-electron chi connectivity index (χ4n) is 2.43. The van der Waals surface area contributed by atoms with Gasteiger partial charge in [-0.1, -0.05) is 42.5 Å². The number of carbonyl (C=O) groups is 1. The molecule has 0 bridgehead atoms. The molecule has 0 aliphatic rings. The molecule has 0 spiro atoms. The van der Waals surface area contributed by atoms with Crippen LogP contribution in [0.4, 0.5) is 4.39 Å². The Kier molecular flexibility index (Phi) is 4.19. The largest absolute Gasteiger partial charge is 0.345 e. The summed E-state index contributed by atoms with van der Waals surface area (Å²) < 4.78 is 13.9. The summed E-state index contributed by atoms with van der Waals surface area (Å²) in [5.74, 6) is -0.699. The number of aromatic nitrogens is 2. The number of benzene rings is 2. The van der Waals surface area contributed by atoms with E-state index in [-0.39, 0.29) is 11.9 Å². The molecule has 2 N–H and O–H groups in total. The Labute approximate surface area is 133 Å². The zero-order chi connectivity index (χ0) is 16.2. The predicted molar refractivity (Wildman–Crippen MR) is 86.3 cm³/mol. The van der Waals surface area contributed by atoms with Gasteiger partial charge in [-0.2, -0.15) is 5.10 Å². The van der Waals surface area contributed by atoms with E-state index in [9.17, 15) is 9.18 Å². The lowest BCUT2D eigenvalue weighted by atomic mass is 10.1. The van der Waals surface area contributed by atoms with E-state index in [0.29, 0.717) is 16.8 Å². The number of amides is 1. The molecule has 1 amide bonds. The summed E-state index contributed by atoms with van der Waals surface area (Å²) in [7, 11) is 0. The normalized spacial score (nSPS) is 11.9. The van der Waals surface area contributed by atoms with Crippen LogP contribution in [0, 0.1) is 5.82 Å². The second kappa shape index (κ2) is 6.44. The highest BCUT2D eigenvalue weighted by molar-refractivity contribution is 5.99. The average Bonchev–Trinajstić information content (AvgIpc) is 3.05. The lowest BCUT2D eigenvalue weighted by Crippen LogP contribution is -2.26. The van der Waals surface area contributed by atoms with Gasteiger partial charge in [-0.3, -0.25) is 9.89 Å². The number of nitrogens with zero attached hydrogens (tertiary/aromatic N) is 1. The number of hydrogen-bond donors (Lipinski definition) is 2. The molecule has 0 aliphatic heterocycles. The molecule has 0 unspecified atom stereocenters. The Morgan fingerprint density at radius 1 is 1.13 bits per heavy atom. The molecule has 1 atom stereocenters. The van der Waals surface area contributed by atoms with Gasteiger partial charge in [0.1, 0.15) is 5.82 Å². The minimum atomic E-state index is -0.401. The van der Waals surface area contributed by atoms with Gasteiger partial charge >= 0.3 is 0 Å². The maximum atomic E-state index is 13.9. The minimum absolute atomic E-state index is 0.160. The SMILES string of the molecule is C[C@H](NC(=O)c1cn[nH]c1-c1ccccc1F)c1ccccc1. The molecule has 116 valence electrons. The molecule has 3 aromatic rings. The van der Waals surface area contributed by atoms with Crippen LogP contribution in [-0.4, -0.2) is 16.1 Å². The van der Waals surface area contributed by atoms with Crippen molar-refractivity contribution in [2.24, 2.45) is 0 Å². The third-order valence-corrected chi connectivity index (χ3v) is 3.67. The Morgan fingerprint density at radius 3 is 2.57 bits per heavy atom. The van der Waals surface area contributed by atoms with E-state index >= 15 is 0 Å². The molecule has 3 rings (SSSR count). The third kappa shape index (κ3) is 3.13. The van der Waals surface area contributed by atoms with Crippen LogP contribution in [0.1, 0.15) is 28.9 Å². The second-order valence-corrected chi connectivity index (χ2v) is 5.24. The number of nitrogens with one attached hydrogen (secondary N) is 2. The van der Waals surface area contributed by atoms with Crippen LogP contribution in [0.25, 0.3) is 11.3 Å². The third-order valence-electron chi connectivity index (χ3n) is 3.67. The average molecular weight is 309 g/mol. The van der Waals surface area contributed by atoms with E-state index in [2.05, 4.69) is 15.5 Å². The number of H-pyrrole nitrogens is 1. The molecule has 1 heterocycles. The molecule has 0 radical (unpaired) electrons. The summed E-state index contributed by atoms with van der Waals surface area (Å²) >= 11 is 0. The van der Waals surface area contributed by atoms with E-state index in [1.807, 2.05) is 37.3 Å². The van der Waals surface area contributed by atoms with Crippen LogP contribution in [0.5, 0.6) is 0 Å². The number of carbonyl (C=O) groups excluding carboxylic acids is 1. The molecular weight excluding hydrogens is 293 g/mol. The first-order valence-corrected chi connectivity index (χ1v) is 7.31. The van der Waals surface area contributed by atoms with Gasteiger partial charge in [0.15, 0.2) is 0 Å². The summed E-state index contributed by atoms with van der Waals surface area (Å²) in [4.78, 5) is 12.5. The van der Waals surface area contributed by atoms with E-state index in [1.165, 1.54) is 12.3 Å². The van der Waals surface area contributed by atoms with Gasteiger partial charge in [0, 0.05) is 5.56 Å². The van der Waals surface area contributed by atoms with E-state index in [4.69, 9.17) is 0 Å². The minimum Gasteiger partial charge on any atom is -0.345 e. The zero-order valence-corrected chi connectivity index (χ0v) is 12.6. The number of aromatic amines is 1. The maximum Gasteiger partial charge on any atom is 0.255 e. The maximum absolute atomic E-state index is 13.9. The van der Waals surface area contributed by atoms with Gasteiger partial charge in [-0.25, -0.2) is 4.39 Å². The molecule has 4 nitrogen and oxygen atoms in total. The van der Waals surface area contributed by atoms with Crippen LogP contribution in [0.3, 0.4) is 0 Å². The number of halogens is 1. The van der Waals surface area contributed by atoms with Gasteiger partial charge in [0.05, 0.1) is 23.5 Å². The van der Waals surface area contributed by atoms with Crippen molar-refractivity contribution in [1.29, 1.82) is 0 Å². The van der Waals surface area contributed by atoms with Gasteiger partial charge in [-0.05, 0) is 24.6 Å². The highest BCUT2D eigenvalue weighted by Crippen LogP contribution is 2.24. The standard InChI is InChI=1S/C18H16FN3O/c1-12(13-7-3-2-4-8-13)21-18(23)15-11-20-22-17(15)14-9-5-6-10-16(14)19/h2-12H,1H3,(H,20,22)(H,21,23)/t12-/m0/s1. The smallest absolute Gasteiger partial charge is 0.255 e. The van der Waals surface area contributed by atoms with Gasteiger partial charge < -0.3 is 5.32 Å². The van der Waals surface area contributed by atoms with E-state index in [1.54, 1.807) is 18.2 Å². The van der Waals surface area contributed by atoms with Crippen molar-refractivity contribution in [3.05, 3.63) is 77.7 Å². The lowest BCUT2D eigenvalue weighted by Gasteiger charge is -2.14. The predicted octanol–water partition coefficient (Wildman–Crippen LogP) is 3.71. The van der Waals surface area contributed by atoms with Crippen molar-refractivity contribution in [2.75, 3.05) is 0 Å². The van der Waals surface area contributed by atoms with Crippen molar-refractivity contribution in [3.8, 4) is 11.3 Å². The fraction of sp³-hybridized carbons (Fsp3) is 0.111. The second-order valence-electron chi connectivity index (χ2n) is 5.24. The summed E-state index contributed by atoms with van der Waals surface area (Å²) in [5.41, 5.74) is 2.01. The first kappa shape index (κ1) is 15.0. The quantitative estimate of drug-likeness (QED) is 0.772. The van der Waals surface area contributed by atoms with Crippen LogP contribution in [0.2, 0.25) is 0 Å². The molecule has 0 aliphatic carbocycles. The molecule has 23 heavy (non-hydrogen) atoms. The molecule has 0 saturated heterocycles. The Bertz CT molecular complexity index is 814. The van der Waals surface area contributed by atoms with Gasteiger partial charge in [-0.15, -0.1) is 0 Å². The monoisotopic (exact) mass is 309 g/mol. The summed E-state index contributed by atoms with van der Waals surface area (Å²) in [5, 5.41) is 9.50. The number of rotatable bonds is 4. The first-order valence-electron chi connectivity index (χ1n) is 7.31. The molecule has 5 heteroatoms. The van der Waals surface area contributed by atoms with Crippen molar-refractivity contribution in [2.45, 2.75) is 13.0 Å². The van der Waals surface area contributed by atoms with Crippen molar-refractivity contribution < 1.29 is 9.18 Å². The molecule has 1 aromatic heterocycles. The fourth-order valence-corrected chi connectivity index (χ4v) is 2.43. The van der Waals surface area contributed by atoms with Gasteiger partial charge in [0.25, 0.3) is 5.91 Å². The molecule has 2 aromatic carbocycles. The van der Waals surface area contributed by atoms with Crippen molar-refractivity contribution in [1.82, 2.24) is 15.5 Å². The van der Waals surface area contributed by atoms with E-state index in [0.717, 1.165) is 5.56 Å². The highest BCUT2D eigenvalue weighted by atomic mass is 19.1. The molecular formula is C18H16FN3O. The number of hydrogen-bond acceptors (Lipinski definition) is 2. The Hall–Kier alpha value is -2.95.